The average molecular weight is 426 g/mol. The zero-order valence-electron chi connectivity index (χ0n) is 18.5. The molecular formula is C25H31NO5. The van der Waals surface area contributed by atoms with Gasteiger partial charge in [-0.1, -0.05) is 18.9 Å². The van der Waals surface area contributed by atoms with Gasteiger partial charge in [0.2, 0.25) is 0 Å². The number of carbonyl (C=O) groups is 2. The lowest BCUT2D eigenvalue weighted by Gasteiger charge is -2.33. The van der Waals surface area contributed by atoms with Crippen molar-refractivity contribution in [2.75, 3.05) is 20.3 Å². The number of rotatable bonds is 8. The fourth-order valence-electron chi connectivity index (χ4n) is 4.13. The molecule has 2 aromatic rings. The SMILES string of the molecule is CCOc1ccc(C2CCCCC2NC(=O)c2ccc(C(=O)OC)cc2)cc1OCC. The van der Waals surface area contributed by atoms with Crippen LogP contribution in [0.15, 0.2) is 42.5 Å². The molecule has 0 aromatic heterocycles. The van der Waals surface area contributed by atoms with Crippen molar-refractivity contribution in [3.05, 3.63) is 59.2 Å². The molecule has 2 aromatic carbocycles. The lowest BCUT2D eigenvalue weighted by Crippen LogP contribution is -2.41. The number of hydrogen-bond donors (Lipinski definition) is 1. The van der Waals surface area contributed by atoms with Gasteiger partial charge in [-0.05, 0) is 68.7 Å². The Balaban J connectivity index is 1.77. The van der Waals surface area contributed by atoms with Crippen LogP contribution in [0, 0.1) is 0 Å². The maximum Gasteiger partial charge on any atom is 0.337 e. The van der Waals surface area contributed by atoms with E-state index in [1.807, 2.05) is 19.9 Å². The number of ether oxygens (including phenoxy) is 3. The number of hydrogen-bond acceptors (Lipinski definition) is 5. The minimum atomic E-state index is -0.417. The number of methoxy groups -OCH3 is 1. The van der Waals surface area contributed by atoms with E-state index in [9.17, 15) is 9.59 Å². The topological polar surface area (TPSA) is 73.9 Å². The second kappa shape index (κ2) is 10.8. The van der Waals surface area contributed by atoms with Crippen LogP contribution in [0.4, 0.5) is 0 Å². The molecule has 0 bridgehead atoms. The molecule has 6 heteroatoms. The van der Waals surface area contributed by atoms with Crippen molar-refractivity contribution in [1.82, 2.24) is 5.32 Å². The molecule has 0 aliphatic heterocycles. The summed E-state index contributed by atoms with van der Waals surface area (Å²) in [4.78, 5) is 24.5. The van der Waals surface area contributed by atoms with Crippen LogP contribution in [0.1, 0.15) is 71.7 Å². The zero-order chi connectivity index (χ0) is 22.2. The van der Waals surface area contributed by atoms with E-state index in [1.54, 1.807) is 24.3 Å². The Bertz CT molecular complexity index is 893. The number of carbonyl (C=O) groups excluding carboxylic acids is 2. The van der Waals surface area contributed by atoms with E-state index in [0.29, 0.717) is 24.3 Å². The van der Waals surface area contributed by atoms with Gasteiger partial charge in [0.25, 0.3) is 5.91 Å². The molecule has 1 aliphatic carbocycles. The molecule has 0 spiro atoms. The van der Waals surface area contributed by atoms with Crippen LogP contribution < -0.4 is 14.8 Å². The monoisotopic (exact) mass is 425 g/mol. The Morgan fingerprint density at radius 2 is 1.55 bits per heavy atom. The molecule has 2 unspecified atom stereocenters. The molecule has 1 amide bonds. The highest BCUT2D eigenvalue weighted by molar-refractivity contribution is 5.96. The van der Waals surface area contributed by atoms with Gasteiger partial charge in [0.05, 0.1) is 25.9 Å². The highest BCUT2D eigenvalue weighted by Gasteiger charge is 2.29. The van der Waals surface area contributed by atoms with Gasteiger partial charge in [-0.25, -0.2) is 4.79 Å². The number of benzene rings is 2. The predicted molar refractivity (Wildman–Crippen MR) is 119 cm³/mol. The second-order valence-electron chi connectivity index (χ2n) is 7.61. The smallest absolute Gasteiger partial charge is 0.337 e. The quantitative estimate of drug-likeness (QED) is 0.619. The zero-order valence-corrected chi connectivity index (χ0v) is 18.5. The van der Waals surface area contributed by atoms with E-state index in [-0.39, 0.29) is 17.9 Å². The first-order chi connectivity index (χ1) is 15.1. The molecule has 166 valence electrons. The molecule has 0 radical (unpaired) electrons. The third-order valence-corrected chi connectivity index (χ3v) is 5.65. The average Bonchev–Trinajstić information content (AvgIpc) is 2.80. The van der Waals surface area contributed by atoms with Crippen molar-refractivity contribution in [2.24, 2.45) is 0 Å². The fraction of sp³-hybridized carbons (Fsp3) is 0.440. The third kappa shape index (κ3) is 5.57. The Morgan fingerprint density at radius 3 is 2.23 bits per heavy atom. The van der Waals surface area contributed by atoms with Crippen LogP contribution in [-0.2, 0) is 4.74 Å². The van der Waals surface area contributed by atoms with Gasteiger partial charge >= 0.3 is 5.97 Å². The maximum absolute atomic E-state index is 12.9. The summed E-state index contributed by atoms with van der Waals surface area (Å²) in [6, 6.07) is 12.7. The molecule has 3 rings (SSSR count). The van der Waals surface area contributed by atoms with Crippen molar-refractivity contribution in [3.8, 4) is 11.5 Å². The first-order valence-electron chi connectivity index (χ1n) is 11.0. The summed E-state index contributed by atoms with van der Waals surface area (Å²) in [7, 11) is 1.34. The van der Waals surface area contributed by atoms with E-state index in [0.717, 1.165) is 42.7 Å². The maximum atomic E-state index is 12.9. The summed E-state index contributed by atoms with van der Waals surface area (Å²) in [5, 5.41) is 3.21. The molecule has 1 N–H and O–H groups in total. The van der Waals surface area contributed by atoms with Gasteiger partial charge in [0.15, 0.2) is 11.5 Å². The molecule has 2 atom stereocenters. The third-order valence-electron chi connectivity index (χ3n) is 5.65. The van der Waals surface area contributed by atoms with E-state index < -0.39 is 5.97 Å². The summed E-state index contributed by atoms with van der Waals surface area (Å²) in [5.74, 6) is 1.15. The number of esters is 1. The van der Waals surface area contributed by atoms with Crippen LogP contribution in [0.3, 0.4) is 0 Å². The molecular weight excluding hydrogens is 394 g/mol. The summed E-state index contributed by atoms with van der Waals surface area (Å²) in [6.07, 6.45) is 4.14. The molecule has 0 saturated heterocycles. The Morgan fingerprint density at radius 1 is 0.903 bits per heavy atom. The molecule has 1 aliphatic rings. The largest absolute Gasteiger partial charge is 0.490 e. The first kappa shape index (κ1) is 22.7. The van der Waals surface area contributed by atoms with Crippen molar-refractivity contribution in [1.29, 1.82) is 0 Å². The Kier molecular flexibility index (Phi) is 7.93. The minimum Gasteiger partial charge on any atom is -0.490 e. The summed E-state index contributed by atoms with van der Waals surface area (Å²) in [6.45, 7) is 5.05. The fourth-order valence-corrected chi connectivity index (χ4v) is 4.13. The standard InChI is InChI=1S/C25H31NO5/c1-4-30-22-15-14-19(16-23(22)31-5-2)20-8-6-7-9-21(20)26-24(27)17-10-12-18(13-11-17)25(28)29-3/h10-16,20-21H,4-9H2,1-3H3,(H,26,27). The van der Waals surface area contributed by atoms with Gasteiger partial charge in [-0.15, -0.1) is 0 Å². The van der Waals surface area contributed by atoms with Crippen molar-refractivity contribution >= 4 is 11.9 Å². The lowest BCUT2D eigenvalue weighted by molar-refractivity contribution is 0.0600. The van der Waals surface area contributed by atoms with Crippen LogP contribution in [-0.4, -0.2) is 38.2 Å². The number of nitrogens with one attached hydrogen (secondary N) is 1. The normalized spacial score (nSPS) is 18.2. The van der Waals surface area contributed by atoms with Gasteiger partial charge in [-0.2, -0.15) is 0 Å². The van der Waals surface area contributed by atoms with E-state index >= 15 is 0 Å². The van der Waals surface area contributed by atoms with Crippen LogP contribution in [0.2, 0.25) is 0 Å². The van der Waals surface area contributed by atoms with Gasteiger partial charge < -0.3 is 19.5 Å². The summed E-state index contributed by atoms with van der Waals surface area (Å²) < 4.78 is 16.2. The molecule has 1 fully saturated rings. The lowest BCUT2D eigenvalue weighted by atomic mass is 9.79. The Hall–Kier alpha value is -3.02. The molecule has 1 saturated carbocycles. The van der Waals surface area contributed by atoms with E-state index in [1.165, 1.54) is 7.11 Å². The van der Waals surface area contributed by atoms with Crippen LogP contribution in [0.5, 0.6) is 11.5 Å². The van der Waals surface area contributed by atoms with Gasteiger partial charge in [-0.3, -0.25) is 4.79 Å². The summed E-state index contributed by atoms with van der Waals surface area (Å²) in [5.41, 5.74) is 2.10. The summed E-state index contributed by atoms with van der Waals surface area (Å²) >= 11 is 0. The van der Waals surface area contributed by atoms with Crippen LogP contribution >= 0.6 is 0 Å². The highest BCUT2D eigenvalue weighted by Crippen LogP contribution is 2.38. The van der Waals surface area contributed by atoms with Crippen LogP contribution in [0.25, 0.3) is 0 Å². The minimum absolute atomic E-state index is 0.0361. The van der Waals surface area contributed by atoms with Crippen molar-refractivity contribution in [2.45, 2.75) is 51.5 Å². The number of amides is 1. The molecule has 6 nitrogen and oxygen atoms in total. The first-order valence-corrected chi connectivity index (χ1v) is 11.0. The predicted octanol–water partition coefficient (Wildman–Crippen LogP) is 4.73. The second-order valence-corrected chi connectivity index (χ2v) is 7.61. The Labute approximate surface area is 183 Å². The molecule has 0 heterocycles. The van der Waals surface area contributed by atoms with E-state index in [2.05, 4.69) is 17.4 Å². The van der Waals surface area contributed by atoms with E-state index in [4.69, 9.17) is 14.2 Å². The van der Waals surface area contributed by atoms with Crippen molar-refractivity contribution in [3.63, 3.8) is 0 Å². The molecule has 31 heavy (non-hydrogen) atoms. The van der Waals surface area contributed by atoms with Crippen molar-refractivity contribution < 1.29 is 23.8 Å². The highest BCUT2D eigenvalue weighted by atomic mass is 16.5. The van der Waals surface area contributed by atoms with Gasteiger partial charge in [0, 0.05) is 17.5 Å². The van der Waals surface area contributed by atoms with Gasteiger partial charge in [0.1, 0.15) is 0 Å².